The Balaban J connectivity index is 1.44. The molecule has 4 N–H and O–H groups in total. The normalized spacial score (nSPS) is 23.6. The summed E-state index contributed by atoms with van der Waals surface area (Å²) in [6.45, 7) is 4.22. The van der Waals surface area contributed by atoms with Crippen molar-refractivity contribution in [2.24, 2.45) is 17.8 Å². The maximum absolute atomic E-state index is 15.4. The van der Waals surface area contributed by atoms with Crippen LogP contribution in [0.5, 0.6) is 0 Å². The molecule has 0 bridgehead atoms. The van der Waals surface area contributed by atoms with Gasteiger partial charge in [0.2, 0.25) is 0 Å². The Bertz CT molecular complexity index is 1450. The predicted octanol–water partition coefficient (Wildman–Crippen LogP) is 2.59. The van der Waals surface area contributed by atoms with Gasteiger partial charge in [-0.2, -0.15) is 0 Å². The van der Waals surface area contributed by atoms with Crippen molar-refractivity contribution in [1.29, 1.82) is 0 Å². The molecule has 2 heterocycles. The van der Waals surface area contributed by atoms with E-state index in [4.69, 9.17) is 5.41 Å². The second kappa shape index (κ2) is 10.4. The number of aliphatic hydroxyl groups is 1. The molecular weight excluding hydrogens is 683 g/mol. The van der Waals surface area contributed by atoms with Crippen molar-refractivity contribution in [3.05, 3.63) is 71.3 Å². The number of carbonyl (C=O) groups is 1. The molecule has 5 nitrogen and oxygen atoms in total. The summed E-state index contributed by atoms with van der Waals surface area (Å²) in [6.07, 6.45) is 11.0. The fourth-order valence-electron chi connectivity index (χ4n) is 5.10. The summed E-state index contributed by atoms with van der Waals surface area (Å²) in [5, 5.41) is 20.4. The first-order chi connectivity index (χ1) is 17.3. The van der Waals surface area contributed by atoms with Gasteiger partial charge < -0.3 is 0 Å². The van der Waals surface area contributed by atoms with Crippen molar-refractivity contribution in [2.75, 3.05) is 11.0 Å². The van der Waals surface area contributed by atoms with Crippen LogP contribution in [-0.4, -0.2) is 30.8 Å². The van der Waals surface area contributed by atoms with E-state index in [0.29, 0.717) is 9.13 Å². The molecule has 5 rings (SSSR count). The van der Waals surface area contributed by atoms with E-state index in [1.54, 1.807) is 12.4 Å². The van der Waals surface area contributed by atoms with Crippen LogP contribution in [0.3, 0.4) is 0 Å². The second-order valence-electron chi connectivity index (χ2n) is 9.45. The third kappa shape index (κ3) is 4.71. The molecule has 3 aliphatic rings. The number of fused-ring (bicyclic) bond motifs is 1. The van der Waals surface area contributed by atoms with Gasteiger partial charge in [0.25, 0.3) is 0 Å². The summed E-state index contributed by atoms with van der Waals surface area (Å²) >= 11 is 0.611. The van der Waals surface area contributed by atoms with Crippen LogP contribution in [0.25, 0.3) is 23.3 Å². The molecule has 1 amide bonds. The minimum absolute atomic E-state index is 0.00403. The molecule has 1 saturated carbocycles. The Morgan fingerprint density at radius 3 is 2.83 bits per heavy atom. The van der Waals surface area contributed by atoms with Gasteiger partial charge in [-0.05, 0) is 18.6 Å². The molecule has 1 aromatic carbocycles. The van der Waals surface area contributed by atoms with Crippen LogP contribution in [0.4, 0.5) is 4.39 Å². The molecular formula is C28H29FI2N3O2+. The number of halogens is 3. The number of aromatic nitrogens is 1. The third-order valence-corrected chi connectivity index (χ3v) is 13.4. The van der Waals surface area contributed by atoms with Crippen molar-refractivity contribution >= 4 is 64.2 Å². The second-order valence-corrected chi connectivity index (χ2v) is 15.7. The SMILES string of the molecule is Cc1ccncc1-c1cc2c(c(I)c1F)=CCCC=C(NC(=O)[C@@H]1[C@@H](C)[C@H]1C1=CI(CCO)C1=[NH2+])C=2. The number of pyridine rings is 1. The minimum atomic E-state index is -1.47. The van der Waals surface area contributed by atoms with Gasteiger partial charge >= 0.3 is 192 Å². The number of rotatable bonds is 6. The summed E-state index contributed by atoms with van der Waals surface area (Å²) in [7, 11) is 0. The fraction of sp³-hybridized carbons (Fsp3) is 0.321. The van der Waals surface area contributed by atoms with Gasteiger partial charge in [0.05, 0.1) is 0 Å². The van der Waals surface area contributed by atoms with Crippen LogP contribution >= 0.6 is 42.4 Å². The number of carbonyl (C=O) groups excluding carboxylic acids is 1. The van der Waals surface area contributed by atoms with Gasteiger partial charge in [-0.1, -0.05) is 0 Å². The average Bonchev–Trinajstić information content (AvgIpc) is 3.50. The Kier molecular flexibility index (Phi) is 7.46. The van der Waals surface area contributed by atoms with Crippen LogP contribution < -0.4 is 21.2 Å². The molecule has 1 aromatic heterocycles. The summed E-state index contributed by atoms with van der Waals surface area (Å²) in [5.74, 6) is 0.0687. The molecule has 3 atom stereocenters. The zero-order valence-electron chi connectivity index (χ0n) is 20.2. The van der Waals surface area contributed by atoms with Gasteiger partial charge in [0.15, 0.2) is 0 Å². The van der Waals surface area contributed by atoms with Crippen LogP contribution in [-0.2, 0) is 4.79 Å². The number of nitrogens with one attached hydrogen (secondary N) is 1. The topological polar surface area (TPSA) is 87.8 Å². The number of hydrogen-bond donors (Lipinski definition) is 3. The summed E-state index contributed by atoms with van der Waals surface area (Å²) in [5.41, 5.74) is 4.12. The molecule has 0 radical (unpaired) electrons. The quantitative estimate of drug-likeness (QED) is 0.318. The van der Waals surface area contributed by atoms with Gasteiger partial charge in [-0.3, -0.25) is 4.98 Å². The standard InChI is InChI=1S/C28H28FI2N3O2/c1-15-7-9-33-14-22(15)20-12-17-11-18(5-3-4-6-19(17)26(30)25(20)29)34-28(36)24-16(2)23(24)21-13-31(8-10-35)27(21)32/h5-7,9,11-14,16,23-24,32,35H,3-4,8,10H2,1-2H3,(H,34,36)/p+1/t16-,23-,24+/m0/s1. The number of aryl methyl sites for hydroxylation is 1. The number of alkyl halides is 1. The summed E-state index contributed by atoms with van der Waals surface area (Å²) < 4.78 is 20.0. The van der Waals surface area contributed by atoms with Gasteiger partial charge in [-0.25, -0.2) is 4.39 Å². The van der Waals surface area contributed by atoms with E-state index < -0.39 is 19.8 Å². The number of nitrogens with two attached hydrogens (primary N) is 1. The van der Waals surface area contributed by atoms with Crippen molar-refractivity contribution in [1.82, 2.24) is 10.3 Å². The Hall–Kier alpha value is -1.92. The van der Waals surface area contributed by atoms with E-state index in [2.05, 4.69) is 50.0 Å². The molecule has 2 aromatic rings. The van der Waals surface area contributed by atoms with E-state index in [1.807, 2.05) is 31.2 Å². The number of benzene rings is 1. The molecule has 36 heavy (non-hydrogen) atoms. The number of nitrogens with zero attached hydrogens (tertiary/aromatic N) is 1. The third-order valence-electron chi connectivity index (χ3n) is 7.18. The van der Waals surface area contributed by atoms with Gasteiger partial charge in [0.1, 0.15) is 0 Å². The molecule has 1 fully saturated rings. The van der Waals surface area contributed by atoms with Crippen molar-refractivity contribution in [3.8, 4) is 11.1 Å². The molecule has 0 unspecified atom stereocenters. The van der Waals surface area contributed by atoms with E-state index in [-0.39, 0.29) is 36.1 Å². The summed E-state index contributed by atoms with van der Waals surface area (Å²) in [4.78, 5) is 17.5. The average molecular weight is 712 g/mol. The maximum atomic E-state index is 15.4. The molecule has 8 heteroatoms. The number of amides is 1. The van der Waals surface area contributed by atoms with Crippen LogP contribution in [0.1, 0.15) is 25.3 Å². The van der Waals surface area contributed by atoms with Crippen molar-refractivity contribution < 1.29 is 19.7 Å². The Morgan fingerprint density at radius 1 is 1.33 bits per heavy atom. The Morgan fingerprint density at radius 2 is 2.11 bits per heavy atom. The van der Waals surface area contributed by atoms with E-state index in [9.17, 15) is 9.90 Å². The van der Waals surface area contributed by atoms with Crippen LogP contribution in [0, 0.1) is 34.1 Å². The molecule has 2 aliphatic carbocycles. The van der Waals surface area contributed by atoms with E-state index in [1.165, 1.54) is 0 Å². The van der Waals surface area contributed by atoms with E-state index in [0.717, 1.165) is 53.8 Å². The van der Waals surface area contributed by atoms with Crippen molar-refractivity contribution in [3.63, 3.8) is 0 Å². The molecule has 0 saturated heterocycles. The molecule has 188 valence electrons. The Labute approximate surface area is 230 Å². The van der Waals surface area contributed by atoms with Crippen molar-refractivity contribution in [2.45, 2.75) is 26.7 Å². The molecule has 0 spiro atoms. The first-order valence-corrected chi connectivity index (χ1v) is 17.0. The first kappa shape index (κ1) is 25.7. The monoisotopic (exact) mass is 712 g/mol. The van der Waals surface area contributed by atoms with Gasteiger partial charge in [0, 0.05) is 12.4 Å². The predicted molar refractivity (Wildman–Crippen MR) is 158 cm³/mol. The zero-order valence-corrected chi connectivity index (χ0v) is 24.5. The van der Waals surface area contributed by atoms with Gasteiger partial charge in [-0.15, -0.1) is 0 Å². The fourth-order valence-corrected chi connectivity index (χ4v) is 10.1. The first-order valence-electron chi connectivity index (χ1n) is 12.0. The number of hydrogen-bond acceptors (Lipinski definition) is 3. The van der Waals surface area contributed by atoms with E-state index >= 15 is 4.39 Å². The summed E-state index contributed by atoms with van der Waals surface area (Å²) in [6, 6.07) is 3.74. The zero-order chi connectivity index (χ0) is 25.6. The number of allylic oxidation sites excluding steroid dienone is 3. The van der Waals surface area contributed by atoms with Crippen LogP contribution in [0.2, 0.25) is 0 Å². The molecule has 1 aliphatic heterocycles. The van der Waals surface area contributed by atoms with Crippen LogP contribution in [0.15, 0.2) is 46.0 Å². The number of aliphatic hydroxyl groups excluding tert-OH is 1.